The summed E-state index contributed by atoms with van der Waals surface area (Å²) in [4.78, 5) is 31.8. The van der Waals surface area contributed by atoms with Gasteiger partial charge in [-0.1, -0.05) is 18.2 Å². The highest BCUT2D eigenvalue weighted by Gasteiger charge is 2.09. The lowest BCUT2D eigenvalue weighted by Crippen LogP contribution is -2.33. The highest BCUT2D eigenvalue weighted by Crippen LogP contribution is 2.17. The standard InChI is InChI=1S/C18H16N4O2S/c23-16(10-22-11-21-15-6-8-25-17(15)18(22)24)19-7-5-12-9-20-14-4-2-1-3-13(12)14/h1-4,6,8-9,11,20H,5,7,10H2,(H,19,23). The summed E-state index contributed by atoms with van der Waals surface area (Å²) in [6, 6.07) is 9.87. The van der Waals surface area contributed by atoms with E-state index in [2.05, 4.69) is 21.4 Å². The van der Waals surface area contributed by atoms with E-state index in [0.29, 0.717) is 16.8 Å². The predicted molar refractivity (Wildman–Crippen MR) is 98.9 cm³/mol. The quantitative estimate of drug-likeness (QED) is 0.578. The number of fused-ring (bicyclic) bond motifs is 2. The zero-order chi connectivity index (χ0) is 17.2. The molecule has 1 amide bonds. The molecular formula is C18H16N4O2S. The maximum atomic E-state index is 12.3. The summed E-state index contributed by atoms with van der Waals surface area (Å²) < 4.78 is 1.92. The average molecular weight is 352 g/mol. The molecule has 0 bridgehead atoms. The minimum atomic E-state index is -0.195. The van der Waals surface area contributed by atoms with Crippen molar-refractivity contribution in [3.8, 4) is 0 Å². The van der Waals surface area contributed by atoms with Gasteiger partial charge in [0.05, 0.1) is 11.8 Å². The number of aromatic nitrogens is 3. The number of carbonyl (C=O) groups excluding carboxylic acids is 1. The molecule has 0 radical (unpaired) electrons. The fourth-order valence-corrected chi connectivity index (χ4v) is 3.67. The Morgan fingerprint density at radius 3 is 3.08 bits per heavy atom. The first-order valence-corrected chi connectivity index (χ1v) is 8.84. The smallest absolute Gasteiger partial charge is 0.271 e. The third-order valence-corrected chi connectivity index (χ3v) is 5.03. The van der Waals surface area contributed by atoms with Crippen LogP contribution >= 0.6 is 11.3 Å². The van der Waals surface area contributed by atoms with Crippen LogP contribution in [0.25, 0.3) is 21.1 Å². The van der Waals surface area contributed by atoms with E-state index >= 15 is 0 Å². The third-order valence-electron chi connectivity index (χ3n) is 4.14. The number of rotatable bonds is 5. The molecule has 0 saturated heterocycles. The van der Waals surface area contributed by atoms with Crippen LogP contribution < -0.4 is 10.9 Å². The lowest BCUT2D eigenvalue weighted by Gasteiger charge is -2.07. The van der Waals surface area contributed by atoms with Crippen LogP contribution in [0.1, 0.15) is 5.56 Å². The van der Waals surface area contributed by atoms with E-state index in [-0.39, 0.29) is 18.0 Å². The van der Waals surface area contributed by atoms with Crippen molar-refractivity contribution in [1.29, 1.82) is 0 Å². The summed E-state index contributed by atoms with van der Waals surface area (Å²) in [5.41, 5.74) is 2.75. The van der Waals surface area contributed by atoms with Crippen molar-refractivity contribution in [2.45, 2.75) is 13.0 Å². The molecular weight excluding hydrogens is 336 g/mol. The first-order valence-electron chi connectivity index (χ1n) is 7.97. The number of nitrogens with one attached hydrogen (secondary N) is 2. The van der Waals surface area contributed by atoms with Crippen molar-refractivity contribution in [2.24, 2.45) is 0 Å². The van der Waals surface area contributed by atoms with Crippen LogP contribution in [0, 0.1) is 0 Å². The van der Waals surface area contributed by atoms with Crippen molar-refractivity contribution in [2.75, 3.05) is 6.54 Å². The Labute approximate surface area is 147 Å². The van der Waals surface area contributed by atoms with Crippen LogP contribution in [0.2, 0.25) is 0 Å². The van der Waals surface area contributed by atoms with Gasteiger partial charge >= 0.3 is 0 Å². The summed E-state index contributed by atoms with van der Waals surface area (Å²) in [6.07, 6.45) is 4.12. The van der Waals surface area contributed by atoms with Gasteiger partial charge in [0.2, 0.25) is 5.91 Å². The van der Waals surface area contributed by atoms with Gasteiger partial charge in [0, 0.05) is 23.6 Å². The summed E-state index contributed by atoms with van der Waals surface area (Å²) in [5.74, 6) is -0.195. The number of thiophene rings is 1. The summed E-state index contributed by atoms with van der Waals surface area (Å²) in [6.45, 7) is 0.498. The van der Waals surface area contributed by atoms with Gasteiger partial charge < -0.3 is 10.3 Å². The lowest BCUT2D eigenvalue weighted by atomic mass is 10.1. The number of hydrogen-bond acceptors (Lipinski definition) is 4. The zero-order valence-electron chi connectivity index (χ0n) is 13.4. The molecule has 6 nitrogen and oxygen atoms in total. The minimum Gasteiger partial charge on any atom is -0.361 e. The molecule has 0 spiro atoms. The highest BCUT2D eigenvalue weighted by atomic mass is 32.1. The Hall–Kier alpha value is -2.93. The van der Waals surface area contributed by atoms with E-state index in [4.69, 9.17) is 0 Å². The number of amides is 1. The SMILES string of the molecule is O=C(Cn1cnc2ccsc2c1=O)NCCc1c[nH]c2ccccc12. The van der Waals surface area contributed by atoms with Crippen molar-refractivity contribution in [3.05, 3.63) is 64.2 Å². The molecule has 0 saturated carbocycles. The van der Waals surface area contributed by atoms with Gasteiger partial charge in [0.15, 0.2) is 0 Å². The Morgan fingerprint density at radius 2 is 2.16 bits per heavy atom. The first-order chi connectivity index (χ1) is 12.2. The molecule has 7 heteroatoms. The van der Waals surface area contributed by atoms with Gasteiger partial charge in [-0.25, -0.2) is 4.98 Å². The highest BCUT2D eigenvalue weighted by molar-refractivity contribution is 7.17. The van der Waals surface area contributed by atoms with Gasteiger partial charge in [-0.3, -0.25) is 14.2 Å². The molecule has 4 aromatic rings. The van der Waals surface area contributed by atoms with Crippen molar-refractivity contribution >= 4 is 38.4 Å². The van der Waals surface area contributed by atoms with Gasteiger partial charge in [0.1, 0.15) is 11.2 Å². The monoisotopic (exact) mass is 352 g/mol. The van der Waals surface area contributed by atoms with Crippen LogP contribution in [0.3, 0.4) is 0 Å². The van der Waals surface area contributed by atoms with Crippen molar-refractivity contribution in [1.82, 2.24) is 19.9 Å². The van der Waals surface area contributed by atoms with Crippen molar-refractivity contribution < 1.29 is 4.79 Å². The van der Waals surface area contributed by atoms with Crippen LogP contribution in [-0.4, -0.2) is 27.0 Å². The molecule has 0 fully saturated rings. The zero-order valence-corrected chi connectivity index (χ0v) is 14.2. The summed E-state index contributed by atoms with van der Waals surface area (Å²) in [5, 5.41) is 5.86. The van der Waals surface area contributed by atoms with E-state index in [1.165, 1.54) is 27.6 Å². The van der Waals surface area contributed by atoms with Crippen molar-refractivity contribution in [3.63, 3.8) is 0 Å². The third kappa shape index (κ3) is 3.06. The molecule has 0 atom stereocenters. The number of hydrogen-bond donors (Lipinski definition) is 2. The minimum absolute atomic E-state index is 0.0203. The molecule has 0 aliphatic carbocycles. The fraction of sp³-hybridized carbons (Fsp3) is 0.167. The molecule has 3 heterocycles. The molecule has 0 aliphatic rings. The lowest BCUT2D eigenvalue weighted by molar-refractivity contribution is -0.121. The topological polar surface area (TPSA) is 79.8 Å². The van der Waals surface area contributed by atoms with Crippen LogP contribution in [0.4, 0.5) is 0 Å². The van der Waals surface area contributed by atoms with E-state index in [1.807, 2.05) is 29.8 Å². The van der Waals surface area contributed by atoms with E-state index < -0.39 is 0 Å². The second kappa shape index (κ2) is 6.52. The second-order valence-corrected chi connectivity index (χ2v) is 6.69. The predicted octanol–water partition coefficient (Wildman–Crippen LogP) is 2.30. The molecule has 2 N–H and O–H groups in total. The largest absolute Gasteiger partial charge is 0.361 e. The number of para-hydroxylation sites is 1. The van der Waals surface area contributed by atoms with E-state index in [9.17, 15) is 9.59 Å². The number of carbonyl (C=O) groups is 1. The molecule has 4 rings (SSSR count). The molecule has 126 valence electrons. The molecule has 25 heavy (non-hydrogen) atoms. The summed E-state index contributed by atoms with van der Waals surface area (Å²) >= 11 is 1.34. The Bertz CT molecular complexity index is 1110. The number of nitrogens with zero attached hydrogens (tertiary/aromatic N) is 2. The van der Waals surface area contributed by atoms with Gasteiger partial charge in [-0.15, -0.1) is 11.3 Å². The normalized spacial score (nSPS) is 11.2. The van der Waals surface area contributed by atoms with Crippen LogP contribution in [-0.2, 0) is 17.8 Å². The second-order valence-electron chi connectivity index (χ2n) is 5.77. The molecule has 1 aromatic carbocycles. The Morgan fingerprint density at radius 1 is 1.28 bits per heavy atom. The van der Waals surface area contributed by atoms with E-state index in [0.717, 1.165) is 17.5 Å². The van der Waals surface area contributed by atoms with Crippen LogP contribution in [0.5, 0.6) is 0 Å². The van der Waals surface area contributed by atoms with Gasteiger partial charge in [-0.2, -0.15) is 0 Å². The maximum Gasteiger partial charge on any atom is 0.271 e. The Kier molecular flexibility index (Phi) is 4.07. The number of aromatic amines is 1. The van der Waals surface area contributed by atoms with Gasteiger partial charge in [0.25, 0.3) is 5.56 Å². The van der Waals surface area contributed by atoms with E-state index in [1.54, 1.807) is 6.07 Å². The molecule has 0 unspecified atom stereocenters. The maximum absolute atomic E-state index is 12.3. The fourth-order valence-electron chi connectivity index (χ4n) is 2.88. The van der Waals surface area contributed by atoms with Gasteiger partial charge in [-0.05, 0) is 29.5 Å². The molecule has 3 aromatic heterocycles. The Balaban J connectivity index is 1.39. The number of H-pyrrole nitrogens is 1. The van der Waals surface area contributed by atoms with Crippen LogP contribution in [0.15, 0.2) is 53.0 Å². The number of benzene rings is 1. The molecule has 0 aliphatic heterocycles. The summed E-state index contributed by atoms with van der Waals surface area (Å²) in [7, 11) is 0. The first kappa shape index (κ1) is 15.6. The average Bonchev–Trinajstić information content (AvgIpc) is 3.25.